The van der Waals surface area contributed by atoms with E-state index < -0.39 is 17.4 Å². The van der Waals surface area contributed by atoms with Crippen LogP contribution in [0.4, 0.5) is 0 Å². The van der Waals surface area contributed by atoms with E-state index in [1.807, 2.05) is 24.3 Å². The lowest BCUT2D eigenvalue weighted by Gasteiger charge is -2.25. The smallest absolute Gasteiger partial charge is 0.331 e. The van der Waals surface area contributed by atoms with Gasteiger partial charge in [-0.05, 0) is 13.0 Å². The summed E-state index contributed by atoms with van der Waals surface area (Å²) < 4.78 is 6.58. The minimum atomic E-state index is -1.46. The molecule has 0 saturated carbocycles. The fraction of sp³-hybridized carbons (Fsp3) is 0.400. The fourth-order valence-corrected chi connectivity index (χ4v) is 2.36. The number of fused-ring (bicyclic) bond motifs is 1. The van der Waals surface area contributed by atoms with Crippen molar-refractivity contribution in [1.29, 1.82) is 0 Å². The first-order valence-electron chi connectivity index (χ1n) is 6.81. The standard InChI is InChI=1S/C15H19N3O4/c1-15(9-22-3,14(20)21)16-13(19)8-11-10-6-4-5-7-12(10)18(2)17-11/h4-7H,8-9H2,1-3H3,(H,16,19)(H,20,21). The largest absolute Gasteiger partial charge is 0.479 e. The van der Waals surface area contributed by atoms with Gasteiger partial charge in [0.25, 0.3) is 0 Å². The lowest BCUT2D eigenvalue weighted by molar-refractivity contribution is -0.149. The van der Waals surface area contributed by atoms with Crippen LogP contribution in [0.1, 0.15) is 12.6 Å². The van der Waals surface area contributed by atoms with Crippen molar-refractivity contribution in [1.82, 2.24) is 15.1 Å². The summed E-state index contributed by atoms with van der Waals surface area (Å²) in [5.74, 6) is -1.56. The molecule has 7 heteroatoms. The van der Waals surface area contributed by atoms with Gasteiger partial charge >= 0.3 is 5.97 Å². The van der Waals surface area contributed by atoms with Crippen molar-refractivity contribution in [2.24, 2.45) is 7.05 Å². The minimum absolute atomic E-state index is 0.00787. The molecule has 2 rings (SSSR count). The van der Waals surface area contributed by atoms with E-state index in [-0.39, 0.29) is 13.0 Å². The van der Waals surface area contributed by atoms with Crippen LogP contribution in [0.15, 0.2) is 24.3 Å². The molecule has 2 aromatic rings. The summed E-state index contributed by atoms with van der Waals surface area (Å²) in [6.45, 7) is 1.30. The first kappa shape index (κ1) is 16.0. The highest BCUT2D eigenvalue weighted by molar-refractivity contribution is 5.91. The van der Waals surface area contributed by atoms with Gasteiger partial charge in [-0.2, -0.15) is 5.10 Å². The number of hydrogen-bond acceptors (Lipinski definition) is 4. The third-order valence-electron chi connectivity index (χ3n) is 3.48. The number of para-hydroxylation sites is 1. The zero-order valence-corrected chi connectivity index (χ0v) is 12.8. The van der Waals surface area contributed by atoms with E-state index in [9.17, 15) is 14.7 Å². The van der Waals surface area contributed by atoms with Crippen LogP contribution in [0.3, 0.4) is 0 Å². The average molecular weight is 305 g/mol. The number of aliphatic carboxylic acids is 1. The van der Waals surface area contributed by atoms with Gasteiger partial charge in [0.2, 0.25) is 5.91 Å². The van der Waals surface area contributed by atoms with E-state index in [0.29, 0.717) is 5.69 Å². The van der Waals surface area contributed by atoms with Crippen LogP contribution in [0.2, 0.25) is 0 Å². The van der Waals surface area contributed by atoms with Crippen LogP contribution < -0.4 is 5.32 Å². The van der Waals surface area contributed by atoms with E-state index in [1.165, 1.54) is 14.0 Å². The molecule has 22 heavy (non-hydrogen) atoms. The lowest BCUT2D eigenvalue weighted by atomic mass is 10.0. The number of benzene rings is 1. The number of methoxy groups -OCH3 is 1. The minimum Gasteiger partial charge on any atom is -0.479 e. The number of amides is 1. The average Bonchev–Trinajstić information content (AvgIpc) is 2.76. The van der Waals surface area contributed by atoms with Gasteiger partial charge < -0.3 is 15.2 Å². The SMILES string of the molecule is COCC(C)(NC(=O)Cc1nn(C)c2ccccc12)C(=O)O. The van der Waals surface area contributed by atoms with Crippen molar-refractivity contribution in [2.45, 2.75) is 18.9 Å². The summed E-state index contributed by atoms with van der Waals surface area (Å²) >= 11 is 0. The number of carbonyl (C=O) groups excluding carboxylic acids is 1. The van der Waals surface area contributed by atoms with Gasteiger partial charge in [0, 0.05) is 19.5 Å². The van der Waals surface area contributed by atoms with Gasteiger partial charge in [0.15, 0.2) is 5.54 Å². The first-order valence-corrected chi connectivity index (χ1v) is 6.81. The highest BCUT2D eigenvalue weighted by Crippen LogP contribution is 2.18. The molecule has 1 heterocycles. The molecule has 1 unspecified atom stereocenters. The van der Waals surface area contributed by atoms with Crippen LogP contribution >= 0.6 is 0 Å². The van der Waals surface area contributed by atoms with Gasteiger partial charge in [-0.25, -0.2) is 4.79 Å². The van der Waals surface area contributed by atoms with Crippen molar-refractivity contribution in [3.8, 4) is 0 Å². The van der Waals surface area contributed by atoms with E-state index in [4.69, 9.17) is 4.74 Å². The molecule has 0 aliphatic carbocycles. The number of carbonyl (C=O) groups is 2. The number of carboxylic acids is 1. The number of aromatic nitrogens is 2. The number of rotatable bonds is 6. The first-order chi connectivity index (χ1) is 10.4. The molecule has 0 radical (unpaired) electrons. The summed E-state index contributed by atoms with van der Waals surface area (Å²) in [4.78, 5) is 23.5. The predicted octanol–water partition coefficient (Wildman–Crippen LogP) is 0.722. The highest BCUT2D eigenvalue weighted by atomic mass is 16.5. The van der Waals surface area contributed by atoms with Crippen molar-refractivity contribution in [2.75, 3.05) is 13.7 Å². The Balaban J connectivity index is 2.19. The number of nitrogens with zero attached hydrogens (tertiary/aromatic N) is 2. The number of ether oxygens (including phenoxy) is 1. The summed E-state index contributed by atoms with van der Waals surface area (Å²) in [6, 6.07) is 7.57. The Kier molecular flexibility index (Phi) is 4.46. The second-order valence-corrected chi connectivity index (χ2v) is 5.38. The third-order valence-corrected chi connectivity index (χ3v) is 3.48. The molecule has 1 aromatic carbocycles. The maximum absolute atomic E-state index is 12.2. The topological polar surface area (TPSA) is 93.5 Å². The van der Waals surface area contributed by atoms with E-state index in [2.05, 4.69) is 10.4 Å². The summed E-state index contributed by atoms with van der Waals surface area (Å²) in [5, 5.41) is 16.9. The molecule has 7 nitrogen and oxygen atoms in total. The summed E-state index contributed by atoms with van der Waals surface area (Å²) in [6.07, 6.45) is 0.00787. The van der Waals surface area contributed by atoms with E-state index >= 15 is 0 Å². The van der Waals surface area contributed by atoms with Crippen LogP contribution in [0.25, 0.3) is 10.9 Å². The predicted molar refractivity (Wildman–Crippen MR) is 80.5 cm³/mol. The fourth-order valence-electron chi connectivity index (χ4n) is 2.36. The Labute approximate surface area is 127 Å². The molecule has 0 aliphatic heterocycles. The van der Waals surface area contributed by atoms with Gasteiger partial charge in [-0.15, -0.1) is 0 Å². The van der Waals surface area contributed by atoms with Crippen LogP contribution in [0.5, 0.6) is 0 Å². The van der Waals surface area contributed by atoms with E-state index in [1.54, 1.807) is 11.7 Å². The number of nitrogens with one attached hydrogen (secondary N) is 1. The Hall–Kier alpha value is -2.41. The number of carboxylic acid groups (broad SMARTS) is 1. The monoisotopic (exact) mass is 305 g/mol. The zero-order valence-electron chi connectivity index (χ0n) is 12.8. The maximum atomic E-state index is 12.2. The molecule has 1 atom stereocenters. The van der Waals surface area contributed by atoms with Crippen LogP contribution in [-0.2, 0) is 27.8 Å². The number of aryl methyl sites for hydroxylation is 1. The molecule has 0 bridgehead atoms. The van der Waals surface area contributed by atoms with Gasteiger partial charge in [-0.1, -0.05) is 18.2 Å². The Bertz CT molecular complexity index is 710. The lowest BCUT2D eigenvalue weighted by Crippen LogP contribution is -2.55. The molecule has 118 valence electrons. The summed E-state index contributed by atoms with van der Waals surface area (Å²) in [7, 11) is 3.19. The molecular formula is C15H19N3O4. The van der Waals surface area contributed by atoms with E-state index in [0.717, 1.165) is 10.9 Å². The van der Waals surface area contributed by atoms with Crippen molar-refractivity contribution in [3.05, 3.63) is 30.0 Å². The highest BCUT2D eigenvalue weighted by Gasteiger charge is 2.35. The molecule has 0 aliphatic rings. The Morgan fingerprint density at radius 1 is 1.41 bits per heavy atom. The van der Waals surface area contributed by atoms with Crippen molar-refractivity contribution in [3.63, 3.8) is 0 Å². The maximum Gasteiger partial charge on any atom is 0.331 e. The molecule has 0 saturated heterocycles. The van der Waals surface area contributed by atoms with Gasteiger partial charge in [-0.3, -0.25) is 9.48 Å². The van der Waals surface area contributed by atoms with Crippen LogP contribution in [0, 0.1) is 0 Å². The Morgan fingerprint density at radius 3 is 2.73 bits per heavy atom. The molecule has 1 aromatic heterocycles. The zero-order chi connectivity index (χ0) is 16.3. The summed E-state index contributed by atoms with van der Waals surface area (Å²) in [5.41, 5.74) is 0.0695. The van der Waals surface area contributed by atoms with Gasteiger partial charge in [0.05, 0.1) is 24.2 Å². The van der Waals surface area contributed by atoms with Crippen molar-refractivity contribution < 1.29 is 19.4 Å². The normalized spacial score (nSPS) is 13.8. The van der Waals surface area contributed by atoms with Crippen LogP contribution in [-0.4, -0.2) is 46.0 Å². The van der Waals surface area contributed by atoms with Gasteiger partial charge in [0.1, 0.15) is 0 Å². The molecular weight excluding hydrogens is 286 g/mol. The Morgan fingerprint density at radius 2 is 2.09 bits per heavy atom. The molecule has 1 amide bonds. The van der Waals surface area contributed by atoms with Crippen molar-refractivity contribution >= 4 is 22.8 Å². The molecule has 0 fully saturated rings. The number of hydrogen-bond donors (Lipinski definition) is 2. The third kappa shape index (κ3) is 3.09. The molecule has 0 spiro atoms. The second kappa shape index (κ2) is 6.15. The molecule has 2 N–H and O–H groups in total. The quantitative estimate of drug-likeness (QED) is 0.820. The second-order valence-electron chi connectivity index (χ2n) is 5.38.